The van der Waals surface area contributed by atoms with Crippen LogP contribution in [0.15, 0.2) is 85.2 Å². The summed E-state index contributed by atoms with van der Waals surface area (Å²) in [5.74, 6) is 1.48. The molecule has 4 heteroatoms. The Kier molecular flexibility index (Phi) is 3.95. The minimum Gasteiger partial charge on any atom is -0.373 e. The van der Waals surface area contributed by atoms with Gasteiger partial charge in [-0.05, 0) is 52.2 Å². The molecule has 0 amide bonds. The van der Waals surface area contributed by atoms with Crippen molar-refractivity contribution >= 4 is 27.5 Å². The molecule has 5 aromatic rings. The molecule has 2 aromatic heterocycles. The summed E-state index contributed by atoms with van der Waals surface area (Å²) < 4.78 is 0. The average molecular weight is 362 g/mol. The highest BCUT2D eigenvalue weighted by atomic mass is 15.0. The number of nitrogens with one attached hydrogen (secondary N) is 1. The van der Waals surface area contributed by atoms with Crippen LogP contribution in [0.4, 0.5) is 5.82 Å². The van der Waals surface area contributed by atoms with Crippen molar-refractivity contribution in [1.29, 1.82) is 0 Å². The van der Waals surface area contributed by atoms with E-state index in [4.69, 9.17) is 9.97 Å². The predicted octanol–water partition coefficient (Wildman–Crippen LogP) is 5.55. The number of aromatic nitrogens is 3. The second-order valence-corrected chi connectivity index (χ2v) is 6.68. The van der Waals surface area contributed by atoms with Crippen molar-refractivity contribution in [1.82, 2.24) is 15.0 Å². The largest absolute Gasteiger partial charge is 0.373 e. The first-order valence-electron chi connectivity index (χ1n) is 9.21. The highest BCUT2D eigenvalue weighted by Crippen LogP contribution is 2.30. The summed E-state index contributed by atoms with van der Waals surface area (Å²) >= 11 is 0. The van der Waals surface area contributed by atoms with Crippen molar-refractivity contribution < 1.29 is 0 Å². The number of fused-ring (bicyclic) bond motifs is 2. The Hall–Kier alpha value is -3.79. The average Bonchev–Trinajstić information content (AvgIpc) is 2.78. The van der Waals surface area contributed by atoms with E-state index in [0.29, 0.717) is 5.82 Å². The molecule has 0 saturated carbocycles. The number of benzene rings is 3. The van der Waals surface area contributed by atoms with Crippen molar-refractivity contribution in [2.75, 3.05) is 12.4 Å². The Morgan fingerprint density at radius 3 is 2.36 bits per heavy atom. The first kappa shape index (κ1) is 16.4. The van der Waals surface area contributed by atoms with Gasteiger partial charge in [-0.2, -0.15) is 0 Å². The quantitative estimate of drug-likeness (QED) is 0.457. The lowest BCUT2D eigenvalue weighted by molar-refractivity contribution is 1.20. The Labute approximate surface area is 162 Å². The van der Waals surface area contributed by atoms with E-state index >= 15 is 0 Å². The number of nitrogens with zero attached hydrogens (tertiary/aromatic N) is 3. The molecular weight excluding hydrogens is 344 g/mol. The fourth-order valence-electron chi connectivity index (χ4n) is 3.49. The highest BCUT2D eigenvalue weighted by molar-refractivity contribution is 5.95. The van der Waals surface area contributed by atoms with Crippen LogP contribution in [0.3, 0.4) is 0 Å². The molecule has 3 aromatic carbocycles. The number of hydrogen-bond acceptors (Lipinski definition) is 4. The van der Waals surface area contributed by atoms with E-state index in [0.717, 1.165) is 27.8 Å². The first-order chi connectivity index (χ1) is 13.8. The van der Waals surface area contributed by atoms with Gasteiger partial charge in [-0.25, -0.2) is 9.97 Å². The van der Waals surface area contributed by atoms with E-state index in [-0.39, 0.29) is 0 Å². The second-order valence-electron chi connectivity index (χ2n) is 6.68. The fraction of sp³-hybridized carbons (Fsp3) is 0.0417. The lowest BCUT2D eigenvalue weighted by Crippen LogP contribution is -1.99. The first-order valence-corrected chi connectivity index (χ1v) is 9.21. The molecule has 28 heavy (non-hydrogen) atoms. The molecule has 0 bridgehead atoms. The fourth-order valence-corrected chi connectivity index (χ4v) is 3.49. The van der Waals surface area contributed by atoms with Crippen LogP contribution in [0.1, 0.15) is 0 Å². The van der Waals surface area contributed by atoms with Gasteiger partial charge < -0.3 is 5.32 Å². The van der Waals surface area contributed by atoms with E-state index in [1.807, 2.05) is 19.2 Å². The van der Waals surface area contributed by atoms with Gasteiger partial charge in [0.15, 0.2) is 5.82 Å². The van der Waals surface area contributed by atoms with Crippen LogP contribution >= 0.6 is 0 Å². The number of hydrogen-bond donors (Lipinski definition) is 1. The predicted molar refractivity (Wildman–Crippen MR) is 115 cm³/mol. The molecule has 0 aliphatic carbocycles. The molecule has 0 fully saturated rings. The number of pyridine rings is 1. The van der Waals surface area contributed by atoms with E-state index < -0.39 is 0 Å². The maximum absolute atomic E-state index is 4.75. The van der Waals surface area contributed by atoms with Gasteiger partial charge >= 0.3 is 0 Å². The Bertz CT molecular complexity index is 1300. The molecule has 134 valence electrons. The smallest absolute Gasteiger partial charge is 0.163 e. The van der Waals surface area contributed by atoms with Gasteiger partial charge in [0.25, 0.3) is 0 Å². The van der Waals surface area contributed by atoms with Crippen LogP contribution in [-0.2, 0) is 0 Å². The van der Waals surface area contributed by atoms with Gasteiger partial charge in [-0.3, -0.25) is 4.98 Å². The topological polar surface area (TPSA) is 50.7 Å². The van der Waals surface area contributed by atoms with Crippen molar-refractivity contribution in [2.45, 2.75) is 0 Å². The number of anilines is 1. The minimum atomic E-state index is 0.670. The third kappa shape index (κ3) is 2.85. The molecular formula is C24H18N4. The molecule has 1 N–H and O–H groups in total. The molecule has 4 nitrogen and oxygen atoms in total. The third-order valence-electron chi connectivity index (χ3n) is 4.94. The number of rotatable bonds is 3. The molecule has 0 aliphatic heterocycles. The van der Waals surface area contributed by atoms with Gasteiger partial charge in [-0.15, -0.1) is 0 Å². The molecule has 0 aliphatic rings. The SMILES string of the molecule is CNc1nc(-c2cccnc2)nc2ccc(-c3ccc4ccccc4c3)cc12. The highest BCUT2D eigenvalue weighted by Gasteiger charge is 2.10. The second kappa shape index (κ2) is 6.74. The van der Waals surface area contributed by atoms with E-state index in [1.165, 1.54) is 16.3 Å². The molecule has 0 spiro atoms. The summed E-state index contributed by atoms with van der Waals surface area (Å²) in [6.07, 6.45) is 3.53. The maximum atomic E-state index is 4.75. The van der Waals surface area contributed by atoms with Crippen molar-refractivity contribution in [3.05, 3.63) is 85.2 Å². The van der Waals surface area contributed by atoms with E-state index in [2.05, 4.69) is 71.0 Å². The van der Waals surface area contributed by atoms with Gasteiger partial charge in [0.05, 0.1) is 5.52 Å². The molecule has 0 unspecified atom stereocenters. The van der Waals surface area contributed by atoms with Crippen LogP contribution in [-0.4, -0.2) is 22.0 Å². The van der Waals surface area contributed by atoms with Gasteiger partial charge in [0.2, 0.25) is 0 Å². The zero-order chi connectivity index (χ0) is 18.9. The molecule has 5 rings (SSSR count). The monoisotopic (exact) mass is 362 g/mol. The Morgan fingerprint density at radius 1 is 0.714 bits per heavy atom. The summed E-state index contributed by atoms with van der Waals surface area (Å²) in [7, 11) is 1.89. The lowest BCUT2D eigenvalue weighted by atomic mass is 10.00. The van der Waals surface area contributed by atoms with Gasteiger partial charge in [-0.1, -0.05) is 42.5 Å². The summed E-state index contributed by atoms with van der Waals surface area (Å²) in [4.78, 5) is 13.6. The summed E-state index contributed by atoms with van der Waals surface area (Å²) in [5, 5.41) is 6.69. The molecule has 0 radical (unpaired) electrons. The van der Waals surface area contributed by atoms with Crippen LogP contribution in [0, 0.1) is 0 Å². The molecule has 2 heterocycles. The minimum absolute atomic E-state index is 0.670. The van der Waals surface area contributed by atoms with E-state index in [9.17, 15) is 0 Å². The zero-order valence-corrected chi connectivity index (χ0v) is 15.4. The molecule has 0 atom stereocenters. The van der Waals surface area contributed by atoms with Crippen LogP contribution in [0.5, 0.6) is 0 Å². The normalized spacial score (nSPS) is 11.0. The van der Waals surface area contributed by atoms with Crippen molar-refractivity contribution in [3.63, 3.8) is 0 Å². The maximum Gasteiger partial charge on any atom is 0.163 e. The van der Waals surface area contributed by atoms with Crippen LogP contribution < -0.4 is 5.32 Å². The van der Waals surface area contributed by atoms with Crippen LogP contribution in [0.25, 0.3) is 44.2 Å². The standard InChI is InChI=1S/C24H18N4/c1-25-24-21-14-19(18-9-8-16-5-2-3-6-17(16)13-18)10-11-22(21)27-23(28-24)20-7-4-12-26-15-20/h2-15H,1H3,(H,25,27,28). The van der Waals surface area contributed by atoms with Gasteiger partial charge in [0, 0.05) is 30.4 Å². The lowest BCUT2D eigenvalue weighted by Gasteiger charge is -2.10. The zero-order valence-electron chi connectivity index (χ0n) is 15.4. The van der Waals surface area contributed by atoms with E-state index in [1.54, 1.807) is 12.4 Å². The molecule has 0 saturated heterocycles. The Morgan fingerprint density at radius 2 is 1.54 bits per heavy atom. The van der Waals surface area contributed by atoms with Crippen LogP contribution in [0.2, 0.25) is 0 Å². The summed E-state index contributed by atoms with van der Waals surface area (Å²) in [5.41, 5.74) is 4.13. The summed E-state index contributed by atoms with van der Waals surface area (Å²) in [6.45, 7) is 0. The summed E-state index contributed by atoms with van der Waals surface area (Å²) in [6, 6.07) is 25.1. The third-order valence-corrected chi connectivity index (χ3v) is 4.94. The van der Waals surface area contributed by atoms with Gasteiger partial charge in [0.1, 0.15) is 5.82 Å². The van der Waals surface area contributed by atoms with Crippen molar-refractivity contribution in [2.24, 2.45) is 0 Å². The van der Waals surface area contributed by atoms with Crippen molar-refractivity contribution in [3.8, 4) is 22.5 Å². The Balaban J connectivity index is 1.66.